The van der Waals surface area contributed by atoms with Crippen LogP contribution in [0, 0.1) is 6.92 Å². The minimum Gasteiger partial charge on any atom is -0.365 e. The highest BCUT2D eigenvalue weighted by atomic mass is 16.1. The highest BCUT2D eigenvalue weighted by molar-refractivity contribution is 5.17. The molecule has 15 heavy (non-hydrogen) atoms. The first-order chi connectivity index (χ1) is 7.27. The Hall–Kier alpha value is -1.09. The molecule has 2 N–H and O–H groups in total. The van der Waals surface area contributed by atoms with Crippen LogP contribution in [-0.2, 0) is 0 Å². The minimum absolute atomic E-state index is 0.158. The van der Waals surface area contributed by atoms with Crippen LogP contribution < -0.4 is 10.7 Å². The summed E-state index contributed by atoms with van der Waals surface area (Å²) in [6.45, 7) is 2.93. The van der Waals surface area contributed by atoms with E-state index in [4.69, 9.17) is 0 Å². The van der Waals surface area contributed by atoms with Gasteiger partial charge in [0.1, 0.15) is 0 Å². The molecule has 3 heteroatoms. The van der Waals surface area contributed by atoms with Crippen LogP contribution in [0.5, 0.6) is 0 Å². The van der Waals surface area contributed by atoms with Gasteiger partial charge in [0, 0.05) is 29.6 Å². The topological polar surface area (TPSA) is 44.9 Å². The molecule has 0 aliphatic carbocycles. The van der Waals surface area contributed by atoms with Crippen molar-refractivity contribution in [1.82, 2.24) is 10.3 Å². The summed E-state index contributed by atoms with van der Waals surface area (Å²) in [4.78, 5) is 14.9. The SMILES string of the molecule is Cc1cc(=O)c(C2CCCCCN2)c[nH]1. The van der Waals surface area contributed by atoms with Gasteiger partial charge in [-0.3, -0.25) is 4.79 Å². The third kappa shape index (κ3) is 2.48. The maximum Gasteiger partial charge on any atom is 0.186 e. The molecular formula is C12H18N2O. The van der Waals surface area contributed by atoms with Gasteiger partial charge in [-0.05, 0) is 26.3 Å². The van der Waals surface area contributed by atoms with Crippen LogP contribution in [0.25, 0.3) is 0 Å². The Balaban J connectivity index is 2.23. The second-order valence-corrected chi connectivity index (χ2v) is 4.29. The van der Waals surface area contributed by atoms with Crippen molar-refractivity contribution >= 4 is 0 Å². The zero-order chi connectivity index (χ0) is 10.7. The van der Waals surface area contributed by atoms with Gasteiger partial charge in [-0.2, -0.15) is 0 Å². The number of hydrogen-bond acceptors (Lipinski definition) is 2. The second kappa shape index (κ2) is 4.62. The number of aromatic nitrogens is 1. The normalized spacial score (nSPS) is 22.3. The average molecular weight is 206 g/mol. The smallest absolute Gasteiger partial charge is 0.186 e. The fourth-order valence-corrected chi connectivity index (χ4v) is 2.15. The van der Waals surface area contributed by atoms with E-state index in [1.54, 1.807) is 6.07 Å². The molecule has 0 radical (unpaired) electrons. The molecule has 1 aliphatic rings. The monoisotopic (exact) mass is 206 g/mol. The zero-order valence-electron chi connectivity index (χ0n) is 9.18. The Morgan fingerprint density at radius 1 is 1.33 bits per heavy atom. The van der Waals surface area contributed by atoms with Crippen LogP contribution in [0.4, 0.5) is 0 Å². The van der Waals surface area contributed by atoms with E-state index in [1.807, 2.05) is 13.1 Å². The molecule has 0 aromatic carbocycles. The molecule has 0 amide bonds. The summed E-state index contributed by atoms with van der Waals surface area (Å²) < 4.78 is 0. The van der Waals surface area contributed by atoms with E-state index in [0.717, 1.165) is 24.2 Å². The van der Waals surface area contributed by atoms with Crippen molar-refractivity contribution in [3.63, 3.8) is 0 Å². The lowest BCUT2D eigenvalue weighted by molar-refractivity contribution is 0.530. The number of rotatable bonds is 1. The first-order valence-electron chi connectivity index (χ1n) is 5.70. The van der Waals surface area contributed by atoms with Gasteiger partial charge in [0.2, 0.25) is 0 Å². The average Bonchev–Trinajstić information content (AvgIpc) is 2.46. The van der Waals surface area contributed by atoms with Crippen LogP contribution in [0.2, 0.25) is 0 Å². The summed E-state index contributed by atoms with van der Waals surface area (Å²) in [5, 5.41) is 3.44. The van der Waals surface area contributed by atoms with E-state index in [2.05, 4.69) is 10.3 Å². The number of aryl methyl sites for hydroxylation is 1. The van der Waals surface area contributed by atoms with E-state index in [-0.39, 0.29) is 11.5 Å². The van der Waals surface area contributed by atoms with Crippen molar-refractivity contribution < 1.29 is 0 Å². The molecule has 1 saturated heterocycles. The molecule has 1 fully saturated rings. The largest absolute Gasteiger partial charge is 0.365 e. The fraction of sp³-hybridized carbons (Fsp3) is 0.583. The van der Waals surface area contributed by atoms with E-state index in [1.165, 1.54) is 19.3 Å². The van der Waals surface area contributed by atoms with Crippen molar-refractivity contribution in [2.45, 2.75) is 38.6 Å². The lowest BCUT2D eigenvalue weighted by atomic mass is 10.0. The quantitative estimate of drug-likeness (QED) is 0.737. The van der Waals surface area contributed by atoms with Gasteiger partial charge in [-0.25, -0.2) is 0 Å². The number of H-pyrrole nitrogens is 1. The Labute approximate surface area is 89.9 Å². The van der Waals surface area contributed by atoms with Crippen LogP contribution in [0.15, 0.2) is 17.1 Å². The molecular weight excluding hydrogens is 188 g/mol. The van der Waals surface area contributed by atoms with Crippen LogP contribution in [-0.4, -0.2) is 11.5 Å². The highest BCUT2D eigenvalue weighted by Gasteiger charge is 2.15. The lowest BCUT2D eigenvalue weighted by Crippen LogP contribution is -2.25. The van der Waals surface area contributed by atoms with Crippen LogP contribution >= 0.6 is 0 Å². The number of aromatic amines is 1. The molecule has 1 aromatic rings. The second-order valence-electron chi connectivity index (χ2n) is 4.29. The Kier molecular flexibility index (Phi) is 3.21. The third-order valence-corrected chi connectivity index (χ3v) is 3.02. The molecule has 3 nitrogen and oxygen atoms in total. The van der Waals surface area contributed by atoms with Gasteiger partial charge in [-0.1, -0.05) is 12.8 Å². The van der Waals surface area contributed by atoms with Gasteiger partial charge in [-0.15, -0.1) is 0 Å². The predicted molar refractivity (Wildman–Crippen MR) is 61.0 cm³/mol. The molecule has 0 saturated carbocycles. The van der Waals surface area contributed by atoms with E-state index >= 15 is 0 Å². The van der Waals surface area contributed by atoms with Crippen molar-refractivity contribution in [2.24, 2.45) is 0 Å². The summed E-state index contributed by atoms with van der Waals surface area (Å²) >= 11 is 0. The van der Waals surface area contributed by atoms with Gasteiger partial charge in [0.15, 0.2) is 5.43 Å². The van der Waals surface area contributed by atoms with Gasteiger partial charge < -0.3 is 10.3 Å². The Morgan fingerprint density at radius 3 is 3.00 bits per heavy atom. The van der Waals surface area contributed by atoms with E-state index < -0.39 is 0 Å². The van der Waals surface area contributed by atoms with Gasteiger partial charge in [0.25, 0.3) is 0 Å². The molecule has 1 aromatic heterocycles. The maximum absolute atomic E-state index is 11.8. The first kappa shape index (κ1) is 10.4. The van der Waals surface area contributed by atoms with Crippen molar-refractivity contribution in [1.29, 1.82) is 0 Å². The third-order valence-electron chi connectivity index (χ3n) is 3.02. The Bertz CT molecular complexity index is 375. The van der Waals surface area contributed by atoms with Crippen molar-refractivity contribution in [2.75, 3.05) is 6.54 Å². The molecule has 2 heterocycles. The molecule has 82 valence electrons. The number of nitrogens with one attached hydrogen (secondary N) is 2. The molecule has 1 aliphatic heterocycles. The lowest BCUT2D eigenvalue weighted by Gasteiger charge is -2.15. The number of hydrogen-bond donors (Lipinski definition) is 2. The minimum atomic E-state index is 0.158. The molecule has 0 spiro atoms. The van der Waals surface area contributed by atoms with Gasteiger partial charge >= 0.3 is 0 Å². The van der Waals surface area contributed by atoms with Crippen LogP contribution in [0.1, 0.15) is 43.0 Å². The highest BCUT2D eigenvalue weighted by Crippen LogP contribution is 2.19. The first-order valence-corrected chi connectivity index (χ1v) is 5.70. The summed E-state index contributed by atoms with van der Waals surface area (Å²) in [6.07, 6.45) is 6.64. The van der Waals surface area contributed by atoms with Crippen molar-refractivity contribution in [3.8, 4) is 0 Å². The summed E-state index contributed by atoms with van der Waals surface area (Å²) in [7, 11) is 0. The number of pyridine rings is 1. The fourth-order valence-electron chi connectivity index (χ4n) is 2.15. The summed E-state index contributed by atoms with van der Waals surface area (Å²) in [6, 6.07) is 1.93. The molecule has 1 unspecified atom stereocenters. The summed E-state index contributed by atoms with van der Waals surface area (Å²) in [5.41, 5.74) is 1.98. The van der Waals surface area contributed by atoms with Crippen LogP contribution in [0.3, 0.4) is 0 Å². The molecule has 2 rings (SSSR count). The van der Waals surface area contributed by atoms with Crippen molar-refractivity contribution in [3.05, 3.63) is 33.7 Å². The standard InChI is InChI=1S/C12H18N2O/c1-9-7-12(15)10(8-14-9)11-5-3-2-4-6-13-11/h7-8,11,13H,2-6H2,1H3,(H,14,15). The van der Waals surface area contributed by atoms with Gasteiger partial charge in [0.05, 0.1) is 0 Å². The van der Waals surface area contributed by atoms with E-state index in [9.17, 15) is 4.79 Å². The molecule has 0 bridgehead atoms. The maximum atomic E-state index is 11.8. The Morgan fingerprint density at radius 2 is 2.20 bits per heavy atom. The predicted octanol–water partition coefficient (Wildman–Crippen LogP) is 1.89. The zero-order valence-corrected chi connectivity index (χ0v) is 9.18. The molecule has 1 atom stereocenters. The van der Waals surface area contributed by atoms with E-state index in [0.29, 0.717) is 0 Å². The summed E-state index contributed by atoms with van der Waals surface area (Å²) in [5.74, 6) is 0.